The fourth-order valence-electron chi connectivity index (χ4n) is 2.75. The Kier molecular flexibility index (Phi) is 7.39. The molecule has 1 heterocycles. The van der Waals surface area contributed by atoms with E-state index in [1.54, 1.807) is 0 Å². The van der Waals surface area contributed by atoms with Crippen LogP contribution in [0.3, 0.4) is 0 Å². The van der Waals surface area contributed by atoms with E-state index in [1.165, 1.54) is 32.4 Å². The molecule has 1 unspecified atom stereocenters. The van der Waals surface area contributed by atoms with E-state index in [4.69, 9.17) is 0 Å². The molecule has 0 bridgehead atoms. The molecule has 4 nitrogen and oxygen atoms in total. The molecule has 0 aromatic carbocycles. The molecular weight excluding hydrogens is 238 g/mol. The zero-order valence-electron chi connectivity index (χ0n) is 13.1. The van der Waals surface area contributed by atoms with Crippen molar-refractivity contribution in [2.45, 2.75) is 46.1 Å². The highest BCUT2D eigenvalue weighted by Gasteiger charge is 2.19. The highest BCUT2D eigenvalue weighted by atomic mass is 16.2. The van der Waals surface area contributed by atoms with Crippen molar-refractivity contribution < 1.29 is 4.79 Å². The molecule has 1 aliphatic rings. The molecule has 19 heavy (non-hydrogen) atoms. The van der Waals surface area contributed by atoms with Gasteiger partial charge in [-0.15, -0.1) is 0 Å². The third-order valence-electron chi connectivity index (χ3n) is 4.29. The molecule has 1 aliphatic heterocycles. The second kappa shape index (κ2) is 8.54. The number of carbonyl (C=O) groups excluding carboxylic acids is 1. The molecule has 0 aromatic rings. The number of amides is 1. The van der Waals surface area contributed by atoms with Gasteiger partial charge < -0.3 is 15.1 Å². The van der Waals surface area contributed by atoms with Crippen molar-refractivity contribution >= 4 is 5.91 Å². The minimum atomic E-state index is -0.0498. The molecule has 0 aliphatic carbocycles. The highest BCUT2D eigenvalue weighted by Crippen LogP contribution is 2.18. The topological polar surface area (TPSA) is 35.6 Å². The van der Waals surface area contributed by atoms with Crippen LogP contribution in [0.15, 0.2) is 0 Å². The number of likely N-dealkylation sites (tertiary alicyclic amines) is 1. The molecule has 0 saturated carbocycles. The second-order valence-corrected chi connectivity index (χ2v) is 5.72. The molecule has 0 aromatic heterocycles. The van der Waals surface area contributed by atoms with E-state index in [9.17, 15) is 4.79 Å². The Morgan fingerprint density at radius 3 is 2.42 bits per heavy atom. The lowest BCUT2D eigenvalue weighted by atomic mass is 9.94. The predicted octanol–water partition coefficient (Wildman–Crippen LogP) is 1.56. The fraction of sp³-hybridized carbons (Fsp3) is 0.933. The number of likely N-dealkylation sites (N-methyl/N-ethyl adjacent to an activating group) is 1. The molecule has 0 spiro atoms. The van der Waals surface area contributed by atoms with Crippen molar-refractivity contribution in [1.82, 2.24) is 15.1 Å². The van der Waals surface area contributed by atoms with Gasteiger partial charge in [0.1, 0.15) is 0 Å². The van der Waals surface area contributed by atoms with Crippen LogP contribution in [0.25, 0.3) is 0 Å². The first-order valence-electron chi connectivity index (χ1n) is 7.79. The minimum Gasteiger partial charge on any atom is -0.342 e. The summed E-state index contributed by atoms with van der Waals surface area (Å²) in [6.07, 6.45) is 3.80. The fourth-order valence-corrected chi connectivity index (χ4v) is 2.75. The SMILES string of the molecule is CCN(CC)C(=O)C(C)NCCC1CCN(C)CC1. The number of carbonyl (C=O) groups is 1. The second-order valence-electron chi connectivity index (χ2n) is 5.72. The maximum Gasteiger partial charge on any atom is 0.239 e. The van der Waals surface area contributed by atoms with Gasteiger partial charge in [-0.25, -0.2) is 0 Å². The first-order chi connectivity index (χ1) is 9.08. The van der Waals surface area contributed by atoms with Crippen molar-refractivity contribution in [1.29, 1.82) is 0 Å². The van der Waals surface area contributed by atoms with E-state index in [0.717, 1.165) is 25.6 Å². The Morgan fingerprint density at radius 1 is 1.32 bits per heavy atom. The average molecular weight is 269 g/mol. The molecular formula is C15H31N3O. The van der Waals surface area contributed by atoms with Crippen LogP contribution < -0.4 is 5.32 Å². The summed E-state index contributed by atoms with van der Waals surface area (Å²) in [7, 11) is 2.19. The van der Waals surface area contributed by atoms with E-state index in [-0.39, 0.29) is 11.9 Å². The first-order valence-corrected chi connectivity index (χ1v) is 7.79. The lowest BCUT2D eigenvalue weighted by Crippen LogP contribution is -2.45. The number of piperidine rings is 1. The van der Waals surface area contributed by atoms with E-state index in [2.05, 4.69) is 17.3 Å². The van der Waals surface area contributed by atoms with Gasteiger partial charge in [0.15, 0.2) is 0 Å². The quantitative estimate of drug-likeness (QED) is 0.762. The maximum absolute atomic E-state index is 12.1. The number of nitrogens with zero attached hydrogens (tertiary/aromatic N) is 2. The standard InChI is InChI=1S/C15H31N3O/c1-5-18(6-2)15(19)13(3)16-10-7-14-8-11-17(4)12-9-14/h13-14,16H,5-12H2,1-4H3. The van der Waals surface area contributed by atoms with Crippen molar-refractivity contribution in [3.8, 4) is 0 Å². The van der Waals surface area contributed by atoms with Crippen LogP contribution in [0.4, 0.5) is 0 Å². The van der Waals surface area contributed by atoms with Crippen LogP contribution in [0.2, 0.25) is 0 Å². The summed E-state index contributed by atoms with van der Waals surface area (Å²) in [6, 6.07) is -0.0498. The van der Waals surface area contributed by atoms with E-state index in [1.807, 2.05) is 25.7 Å². The van der Waals surface area contributed by atoms with Crippen molar-refractivity contribution in [2.24, 2.45) is 5.92 Å². The third-order valence-corrected chi connectivity index (χ3v) is 4.29. The minimum absolute atomic E-state index is 0.0498. The summed E-state index contributed by atoms with van der Waals surface area (Å²) in [4.78, 5) is 16.4. The Morgan fingerprint density at radius 2 is 1.89 bits per heavy atom. The molecule has 1 amide bonds. The molecule has 112 valence electrons. The lowest BCUT2D eigenvalue weighted by Gasteiger charge is -2.29. The van der Waals surface area contributed by atoms with E-state index < -0.39 is 0 Å². The average Bonchev–Trinajstić information content (AvgIpc) is 2.42. The summed E-state index contributed by atoms with van der Waals surface area (Å²) in [6.45, 7) is 11.1. The largest absolute Gasteiger partial charge is 0.342 e. The van der Waals surface area contributed by atoms with Gasteiger partial charge in [0.05, 0.1) is 6.04 Å². The van der Waals surface area contributed by atoms with Crippen LogP contribution in [0, 0.1) is 5.92 Å². The van der Waals surface area contributed by atoms with Gasteiger partial charge in [-0.3, -0.25) is 4.79 Å². The molecule has 1 rings (SSSR count). The predicted molar refractivity (Wildman–Crippen MR) is 80.2 cm³/mol. The smallest absolute Gasteiger partial charge is 0.239 e. The molecule has 0 radical (unpaired) electrons. The summed E-state index contributed by atoms with van der Waals surface area (Å²) in [5, 5.41) is 3.39. The third kappa shape index (κ3) is 5.49. The van der Waals surface area contributed by atoms with Crippen LogP contribution in [-0.4, -0.2) is 61.5 Å². The summed E-state index contributed by atoms with van der Waals surface area (Å²) in [5.74, 6) is 1.06. The van der Waals surface area contributed by atoms with Crippen molar-refractivity contribution in [3.63, 3.8) is 0 Å². The van der Waals surface area contributed by atoms with Crippen molar-refractivity contribution in [3.05, 3.63) is 0 Å². The number of hydrogen-bond donors (Lipinski definition) is 1. The van der Waals surface area contributed by atoms with Gasteiger partial charge in [0.25, 0.3) is 0 Å². The van der Waals surface area contributed by atoms with Crippen LogP contribution >= 0.6 is 0 Å². The number of nitrogens with one attached hydrogen (secondary N) is 1. The molecule has 1 N–H and O–H groups in total. The summed E-state index contributed by atoms with van der Waals surface area (Å²) in [5.41, 5.74) is 0. The molecule has 4 heteroatoms. The Hall–Kier alpha value is -0.610. The van der Waals surface area contributed by atoms with Gasteiger partial charge in [-0.05, 0) is 72.6 Å². The summed E-state index contributed by atoms with van der Waals surface area (Å²) >= 11 is 0. The van der Waals surface area contributed by atoms with Crippen LogP contribution in [0.5, 0.6) is 0 Å². The Labute approximate surface area is 118 Å². The highest BCUT2D eigenvalue weighted by molar-refractivity contribution is 5.81. The number of rotatable bonds is 7. The molecule has 1 atom stereocenters. The zero-order chi connectivity index (χ0) is 14.3. The van der Waals surface area contributed by atoms with Gasteiger partial charge in [0.2, 0.25) is 5.91 Å². The van der Waals surface area contributed by atoms with Gasteiger partial charge in [-0.2, -0.15) is 0 Å². The van der Waals surface area contributed by atoms with Gasteiger partial charge >= 0.3 is 0 Å². The molecule has 1 saturated heterocycles. The van der Waals surface area contributed by atoms with Gasteiger partial charge in [0, 0.05) is 13.1 Å². The van der Waals surface area contributed by atoms with Crippen LogP contribution in [-0.2, 0) is 4.79 Å². The monoisotopic (exact) mass is 269 g/mol. The van der Waals surface area contributed by atoms with E-state index in [0.29, 0.717) is 0 Å². The maximum atomic E-state index is 12.1. The lowest BCUT2D eigenvalue weighted by molar-refractivity contribution is -0.132. The Bertz CT molecular complexity index is 258. The normalized spacial score (nSPS) is 19.4. The van der Waals surface area contributed by atoms with Crippen molar-refractivity contribution in [2.75, 3.05) is 39.8 Å². The van der Waals surface area contributed by atoms with Crippen LogP contribution in [0.1, 0.15) is 40.0 Å². The van der Waals surface area contributed by atoms with Gasteiger partial charge in [-0.1, -0.05) is 0 Å². The molecule has 1 fully saturated rings. The van der Waals surface area contributed by atoms with E-state index >= 15 is 0 Å². The first kappa shape index (κ1) is 16.4. The number of hydrogen-bond acceptors (Lipinski definition) is 3. The Balaban J connectivity index is 2.19. The zero-order valence-corrected chi connectivity index (χ0v) is 13.1. The summed E-state index contributed by atoms with van der Waals surface area (Å²) < 4.78 is 0.